The highest BCUT2D eigenvalue weighted by atomic mass is 16.5. The smallest absolute Gasteiger partial charge is 0.333 e. The molecule has 1 aliphatic carbocycles. The zero-order valence-electron chi connectivity index (χ0n) is 10.4. The van der Waals surface area contributed by atoms with Crippen molar-refractivity contribution in [3.63, 3.8) is 0 Å². The molecule has 0 amide bonds. The molecule has 0 radical (unpaired) electrons. The lowest BCUT2D eigenvalue weighted by Crippen LogP contribution is -2.35. The number of hydrogen-bond acceptors (Lipinski definition) is 4. The molecule has 0 saturated heterocycles. The predicted octanol–water partition coefficient (Wildman–Crippen LogP) is 1.47. The van der Waals surface area contributed by atoms with Gasteiger partial charge < -0.3 is 9.84 Å². The molecule has 0 heterocycles. The van der Waals surface area contributed by atoms with Crippen molar-refractivity contribution in [2.45, 2.75) is 39.2 Å². The Balaban J connectivity index is 2.47. The van der Waals surface area contributed by atoms with Gasteiger partial charge in [-0.15, -0.1) is 0 Å². The minimum absolute atomic E-state index is 0.00747. The van der Waals surface area contributed by atoms with E-state index in [1.54, 1.807) is 13.8 Å². The molecule has 4 nitrogen and oxygen atoms in total. The molecule has 17 heavy (non-hydrogen) atoms. The molecule has 0 aliphatic heterocycles. The Kier molecular flexibility index (Phi) is 4.87. The van der Waals surface area contributed by atoms with Crippen molar-refractivity contribution in [1.82, 2.24) is 0 Å². The van der Waals surface area contributed by atoms with E-state index in [0.29, 0.717) is 18.4 Å². The van der Waals surface area contributed by atoms with E-state index in [2.05, 4.69) is 6.58 Å². The Morgan fingerprint density at radius 2 is 2.00 bits per heavy atom. The van der Waals surface area contributed by atoms with Crippen molar-refractivity contribution in [2.24, 2.45) is 11.8 Å². The number of hydrogen-bond donors (Lipinski definition) is 1. The van der Waals surface area contributed by atoms with Gasteiger partial charge in [-0.25, -0.2) is 4.79 Å². The first kappa shape index (κ1) is 13.9. The van der Waals surface area contributed by atoms with Crippen LogP contribution in [0.3, 0.4) is 0 Å². The first-order valence-corrected chi connectivity index (χ1v) is 5.93. The van der Waals surface area contributed by atoms with Gasteiger partial charge in [0.15, 0.2) is 0 Å². The zero-order valence-corrected chi connectivity index (χ0v) is 10.4. The minimum Gasteiger partial charge on any atom is -0.462 e. The highest BCUT2D eigenvalue weighted by Crippen LogP contribution is 2.30. The average Bonchev–Trinajstić information content (AvgIpc) is 2.26. The van der Waals surface area contributed by atoms with Gasteiger partial charge in [0.1, 0.15) is 5.78 Å². The molecule has 1 aliphatic rings. The Morgan fingerprint density at radius 1 is 1.35 bits per heavy atom. The van der Waals surface area contributed by atoms with Crippen LogP contribution in [0, 0.1) is 11.8 Å². The number of aliphatic hydroxyl groups is 1. The Bertz CT molecular complexity index is 321. The van der Waals surface area contributed by atoms with E-state index in [1.165, 1.54) is 0 Å². The zero-order chi connectivity index (χ0) is 13.0. The van der Waals surface area contributed by atoms with Gasteiger partial charge in [0.25, 0.3) is 0 Å². The summed E-state index contributed by atoms with van der Waals surface area (Å²) in [6.07, 6.45) is 1.43. The lowest BCUT2D eigenvalue weighted by atomic mass is 9.78. The SMILES string of the molecule is C=C(C)C(=O)OCC1CC(C(C)=O)CCC1O. The fraction of sp³-hybridized carbons (Fsp3) is 0.692. The van der Waals surface area contributed by atoms with Gasteiger partial charge in [-0.05, 0) is 33.1 Å². The molecule has 0 bridgehead atoms. The number of rotatable bonds is 4. The summed E-state index contributed by atoms with van der Waals surface area (Å²) >= 11 is 0. The highest BCUT2D eigenvalue weighted by molar-refractivity contribution is 5.86. The van der Waals surface area contributed by atoms with Crippen molar-refractivity contribution < 1.29 is 19.4 Å². The van der Waals surface area contributed by atoms with Gasteiger partial charge in [-0.1, -0.05) is 6.58 Å². The summed E-state index contributed by atoms with van der Waals surface area (Å²) in [7, 11) is 0. The summed E-state index contributed by atoms with van der Waals surface area (Å²) in [6.45, 7) is 6.80. The molecule has 3 atom stereocenters. The summed E-state index contributed by atoms with van der Waals surface area (Å²) in [5, 5.41) is 9.79. The molecule has 0 aromatic rings. The Labute approximate surface area is 102 Å². The second-order valence-electron chi connectivity index (χ2n) is 4.83. The number of carbonyl (C=O) groups excluding carboxylic acids is 2. The summed E-state index contributed by atoms with van der Waals surface area (Å²) < 4.78 is 5.03. The molecule has 0 aromatic carbocycles. The van der Waals surface area contributed by atoms with Crippen molar-refractivity contribution in [3.05, 3.63) is 12.2 Å². The van der Waals surface area contributed by atoms with Crippen LogP contribution in [0.1, 0.15) is 33.1 Å². The maximum atomic E-state index is 11.3. The van der Waals surface area contributed by atoms with Crippen LogP contribution in [-0.2, 0) is 14.3 Å². The van der Waals surface area contributed by atoms with Crippen LogP contribution in [0.5, 0.6) is 0 Å². The van der Waals surface area contributed by atoms with Gasteiger partial charge >= 0.3 is 5.97 Å². The number of ether oxygens (including phenoxy) is 1. The second kappa shape index (κ2) is 5.96. The molecule has 1 saturated carbocycles. The number of ketones is 1. The van der Waals surface area contributed by atoms with Crippen molar-refractivity contribution >= 4 is 11.8 Å². The van der Waals surface area contributed by atoms with E-state index >= 15 is 0 Å². The third kappa shape index (κ3) is 3.97. The second-order valence-corrected chi connectivity index (χ2v) is 4.83. The van der Waals surface area contributed by atoms with E-state index in [9.17, 15) is 14.7 Å². The summed E-state index contributed by atoms with van der Waals surface area (Å²) in [5.41, 5.74) is 0.346. The maximum Gasteiger partial charge on any atom is 0.333 e. The van der Waals surface area contributed by atoms with Crippen molar-refractivity contribution in [3.8, 4) is 0 Å². The van der Waals surface area contributed by atoms with E-state index in [0.717, 1.165) is 6.42 Å². The molecule has 1 N–H and O–H groups in total. The van der Waals surface area contributed by atoms with Crippen LogP contribution < -0.4 is 0 Å². The van der Waals surface area contributed by atoms with Crippen LogP contribution in [0.4, 0.5) is 0 Å². The van der Waals surface area contributed by atoms with Gasteiger partial charge in [0, 0.05) is 17.4 Å². The summed E-state index contributed by atoms with van der Waals surface area (Å²) in [5.74, 6) is -0.442. The maximum absolute atomic E-state index is 11.3. The number of Topliss-reactive ketones (excluding diaryl/α,β-unsaturated/α-hetero) is 1. The van der Waals surface area contributed by atoms with E-state index in [1.807, 2.05) is 0 Å². The lowest BCUT2D eigenvalue weighted by Gasteiger charge is -2.31. The summed E-state index contributed by atoms with van der Waals surface area (Å²) in [4.78, 5) is 22.5. The van der Waals surface area contributed by atoms with Crippen LogP contribution in [0.15, 0.2) is 12.2 Å². The van der Waals surface area contributed by atoms with E-state index in [-0.39, 0.29) is 24.2 Å². The molecule has 4 heteroatoms. The third-order valence-electron chi connectivity index (χ3n) is 3.29. The molecular formula is C13H20O4. The fourth-order valence-corrected chi connectivity index (χ4v) is 2.10. The normalized spacial score (nSPS) is 28.5. The molecule has 1 rings (SSSR count). The van der Waals surface area contributed by atoms with Crippen LogP contribution in [0.25, 0.3) is 0 Å². The lowest BCUT2D eigenvalue weighted by molar-refractivity contribution is -0.142. The monoisotopic (exact) mass is 240 g/mol. The van der Waals surface area contributed by atoms with Crippen LogP contribution >= 0.6 is 0 Å². The predicted molar refractivity (Wildman–Crippen MR) is 63.3 cm³/mol. The standard InChI is InChI=1S/C13H20O4/c1-8(2)13(16)17-7-11-6-10(9(3)14)4-5-12(11)15/h10-12,15H,1,4-7H2,2-3H3. The molecular weight excluding hydrogens is 220 g/mol. The first-order chi connectivity index (χ1) is 7.91. The molecule has 96 valence electrons. The van der Waals surface area contributed by atoms with Crippen LogP contribution in [0.2, 0.25) is 0 Å². The molecule has 0 spiro atoms. The highest BCUT2D eigenvalue weighted by Gasteiger charge is 2.32. The Hall–Kier alpha value is -1.16. The average molecular weight is 240 g/mol. The van der Waals surface area contributed by atoms with Gasteiger partial charge in [-0.3, -0.25) is 4.79 Å². The van der Waals surface area contributed by atoms with Crippen molar-refractivity contribution in [1.29, 1.82) is 0 Å². The molecule has 0 aromatic heterocycles. The third-order valence-corrected chi connectivity index (χ3v) is 3.29. The number of carbonyl (C=O) groups is 2. The first-order valence-electron chi connectivity index (χ1n) is 5.93. The van der Waals surface area contributed by atoms with Gasteiger partial charge in [0.2, 0.25) is 0 Å². The topological polar surface area (TPSA) is 63.6 Å². The Morgan fingerprint density at radius 3 is 2.53 bits per heavy atom. The largest absolute Gasteiger partial charge is 0.462 e. The quantitative estimate of drug-likeness (QED) is 0.597. The van der Waals surface area contributed by atoms with Crippen molar-refractivity contribution in [2.75, 3.05) is 6.61 Å². The number of aliphatic hydroxyl groups excluding tert-OH is 1. The molecule has 3 unspecified atom stereocenters. The van der Waals surface area contributed by atoms with Crippen LogP contribution in [-0.4, -0.2) is 29.6 Å². The van der Waals surface area contributed by atoms with Gasteiger partial charge in [0.05, 0.1) is 12.7 Å². The molecule has 1 fully saturated rings. The van der Waals surface area contributed by atoms with E-state index < -0.39 is 12.1 Å². The number of esters is 1. The van der Waals surface area contributed by atoms with E-state index in [4.69, 9.17) is 4.74 Å². The minimum atomic E-state index is -0.483. The fourth-order valence-electron chi connectivity index (χ4n) is 2.10. The summed E-state index contributed by atoms with van der Waals surface area (Å²) in [6, 6.07) is 0. The van der Waals surface area contributed by atoms with Gasteiger partial charge in [-0.2, -0.15) is 0 Å².